The van der Waals surface area contributed by atoms with E-state index in [1.165, 1.54) is 11.1 Å². The normalized spacial score (nSPS) is 11.3. The van der Waals surface area contributed by atoms with E-state index in [0.717, 1.165) is 45.7 Å². The summed E-state index contributed by atoms with van der Waals surface area (Å²) in [6.07, 6.45) is 2.64. The fourth-order valence-electron chi connectivity index (χ4n) is 4.25. The third-order valence-electron chi connectivity index (χ3n) is 5.93. The number of aliphatic hydroxyl groups excluding tert-OH is 1. The van der Waals surface area contributed by atoms with Gasteiger partial charge in [0.05, 0.1) is 13.7 Å². The predicted molar refractivity (Wildman–Crippen MR) is 132 cm³/mol. The van der Waals surface area contributed by atoms with Crippen LogP contribution in [-0.2, 0) is 13.0 Å². The maximum absolute atomic E-state index is 9.82. The molecular formula is C28H30N2O2. The van der Waals surface area contributed by atoms with Gasteiger partial charge in [0.1, 0.15) is 22.6 Å². The number of benzene rings is 3. The van der Waals surface area contributed by atoms with Gasteiger partial charge in [-0.1, -0.05) is 81.1 Å². The molecule has 0 aliphatic carbocycles. The Kier molecular flexibility index (Phi) is 6.42. The third kappa shape index (κ3) is 4.06. The Labute approximate surface area is 189 Å². The van der Waals surface area contributed by atoms with Crippen LogP contribution in [0.2, 0.25) is 0 Å². The highest BCUT2D eigenvalue weighted by Crippen LogP contribution is 2.37. The maximum Gasteiger partial charge on any atom is 0.145 e. The first-order valence-corrected chi connectivity index (χ1v) is 11.0. The number of imidazole rings is 1. The molecule has 0 unspecified atom stereocenters. The molecule has 0 bridgehead atoms. The molecule has 1 heterocycles. The van der Waals surface area contributed by atoms with Crippen LogP contribution in [0, 0.1) is 0 Å². The Bertz CT molecular complexity index is 1220. The van der Waals surface area contributed by atoms with E-state index in [1.54, 1.807) is 7.11 Å². The highest BCUT2D eigenvalue weighted by molar-refractivity contribution is 5.94. The summed E-state index contributed by atoms with van der Waals surface area (Å²) in [6.45, 7) is 8.91. The van der Waals surface area contributed by atoms with Gasteiger partial charge in [-0.25, -0.2) is 4.98 Å². The van der Waals surface area contributed by atoms with Crippen LogP contribution in [0.4, 0.5) is 0 Å². The van der Waals surface area contributed by atoms with Gasteiger partial charge in [-0.15, -0.1) is 0 Å². The Morgan fingerprint density at radius 3 is 2.41 bits per heavy atom. The lowest BCUT2D eigenvalue weighted by Crippen LogP contribution is -2.05. The standard InChI is InChI=1S/C28H30N2O2/c1-5-24-23(17-20-9-7-6-8-10-20)18-25(32-4)27-26(24)29-28(30(27)15-16-31)22-13-11-21(12-14-22)19(2)3/h5-14,18-19,31H,1,15-17H2,2-4H3. The Hall–Kier alpha value is -3.37. The van der Waals surface area contributed by atoms with Crippen molar-refractivity contribution in [3.63, 3.8) is 0 Å². The van der Waals surface area contributed by atoms with Crippen LogP contribution >= 0.6 is 0 Å². The number of fused-ring (bicyclic) bond motifs is 1. The molecule has 1 N–H and O–H groups in total. The minimum absolute atomic E-state index is 0.0148. The molecule has 0 saturated carbocycles. The molecule has 4 heteroatoms. The van der Waals surface area contributed by atoms with Gasteiger partial charge in [0.15, 0.2) is 0 Å². The van der Waals surface area contributed by atoms with E-state index >= 15 is 0 Å². The number of rotatable bonds is 8. The zero-order valence-electron chi connectivity index (χ0n) is 19.0. The van der Waals surface area contributed by atoms with E-state index < -0.39 is 0 Å². The van der Waals surface area contributed by atoms with Gasteiger partial charge >= 0.3 is 0 Å². The summed E-state index contributed by atoms with van der Waals surface area (Å²) >= 11 is 0. The highest BCUT2D eigenvalue weighted by atomic mass is 16.5. The number of hydrogen-bond donors (Lipinski definition) is 1. The molecule has 0 saturated heterocycles. The quantitative estimate of drug-likeness (QED) is 0.372. The molecule has 4 nitrogen and oxygen atoms in total. The minimum atomic E-state index is 0.0148. The molecule has 1 aromatic heterocycles. The number of methoxy groups -OCH3 is 1. The van der Waals surface area contributed by atoms with Crippen LogP contribution < -0.4 is 4.74 Å². The number of ether oxygens (including phenoxy) is 1. The Balaban J connectivity index is 1.94. The van der Waals surface area contributed by atoms with Gasteiger partial charge in [-0.2, -0.15) is 0 Å². The molecule has 4 rings (SSSR count). The fourth-order valence-corrected chi connectivity index (χ4v) is 4.25. The maximum atomic E-state index is 9.82. The fraction of sp³-hybridized carbons (Fsp3) is 0.250. The van der Waals surface area contributed by atoms with E-state index in [1.807, 2.05) is 24.3 Å². The Morgan fingerprint density at radius 1 is 1.09 bits per heavy atom. The van der Waals surface area contributed by atoms with E-state index in [0.29, 0.717) is 12.5 Å². The predicted octanol–water partition coefficient (Wildman–Crippen LogP) is 6.06. The zero-order valence-corrected chi connectivity index (χ0v) is 19.0. The molecule has 0 amide bonds. The zero-order chi connectivity index (χ0) is 22.7. The first-order chi connectivity index (χ1) is 15.6. The van der Waals surface area contributed by atoms with Crippen LogP contribution in [0.5, 0.6) is 5.75 Å². The van der Waals surface area contributed by atoms with Crippen LogP contribution in [0.3, 0.4) is 0 Å². The third-order valence-corrected chi connectivity index (χ3v) is 5.93. The molecule has 0 atom stereocenters. The lowest BCUT2D eigenvalue weighted by Gasteiger charge is -2.14. The van der Waals surface area contributed by atoms with E-state index in [4.69, 9.17) is 9.72 Å². The summed E-state index contributed by atoms with van der Waals surface area (Å²) in [4.78, 5) is 5.06. The van der Waals surface area contributed by atoms with Gasteiger partial charge in [0.25, 0.3) is 0 Å². The number of aliphatic hydroxyl groups is 1. The average molecular weight is 427 g/mol. The molecule has 0 fully saturated rings. The summed E-state index contributed by atoms with van der Waals surface area (Å²) in [5.74, 6) is 2.04. The smallest absolute Gasteiger partial charge is 0.145 e. The van der Waals surface area contributed by atoms with Crippen molar-refractivity contribution in [1.82, 2.24) is 9.55 Å². The molecule has 4 aromatic rings. The first kappa shape index (κ1) is 21.8. The Morgan fingerprint density at radius 2 is 1.81 bits per heavy atom. The second kappa shape index (κ2) is 9.41. The molecule has 3 aromatic carbocycles. The molecule has 0 aliphatic rings. The summed E-state index contributed by atoms with van der Waals surface area (Å²) in [5.41, 5.74) is 7.37. The van der Waals surface area contributed by atoms with Crippen LogP contribution in [0.1, 0.15) is 42.0 Å². The minimum Gasteiger partial charge on any atom is -0.494 e. The van der Waals surface area contributed by atoms with Crippen molar-refractivity contribution >= 4 is 17.1 Å². The van der Waals surface area contributed by atoms with E-state index in [9.17, 15) is 5.11 Å². The molecule has 0 spiro atoms. The van der Waals surface area contributed by atoms with Crippen molar-refractivity contribution < 1.29 is 9.84 Å². The monoisotopic (exact) mass is 426 g/mol. The second-order valence-corrected chi connectivity index (χ2v) is 8.30. The summed E-state index contributed by atoms with van der Waals surface area (Å²) in [5, 5.41) is 9.82. The van der Waals surface area contributed by atoms with Crippen LogP contribution in [-0.4, -0.2) is 28.4 Å². The van der Waals surface area contributed by atoms with Gasteiger partial charge in [-0.3, -0.25) is 0 Å². The molecule has 164 valence electrons. The topological polar surface area (TPSA) is 47.3 Å². The van der Waals surface area contributed by atoms with Crippen LogP contribution in [0.25, 0.3) is 28.5 Å². The second-order valence-electron chi connectivity index (χ2n) is 8.30. The lowest BCUT2D eigenvalue weighted by molar-refractivity contribution is 0.278. The lowest BCUT2D eigenvalue weighted by atomic mass is 9.98. The molecule has 0 aliphatic heterocycles. The number of hydrogen-bond acceptors (Lipinski definition) is 3. The molecular weight excluding hydrogens is 396 g/mol. The van der Waals surface area contributed by atoms with E-state index in [-0.39, 0.29) is 6.61 Å². The summed E-state index contributed by atoms with van der Waals surface area (Å²) < 4.78 is 7.87. The van der Waals surface area contributed by atoms with Crippen molar-refractivity contribution in [2.45, 2.75) is 32.7 Å². The first-order valence-electron chi connectivity index (χ1n) is 11.0. The van der Waals surface area contributed by atoms with Gasteiger partial charge in [0, 0.05) is 17.7 Å². The average Bonchev–Trinajstić information content (AvgIpc) is 3.18. The summed E-state index contributed by atoms with van der Waals surface area (Å²) in [7, 11) is 1.68. The highest BCUT2D eigenvalue weighted by Gasteiger charge is 2.21. The van der Waals surface area contributed by atoms with Crippen molar-refractivity contribution in [2.24, 2.45) is 0 Å². The van der Waals surface area contributed by atoms with Gasteiger partial charge < -0.3 is 14.4 Å². The van der Waals surface area contributed by atoms with Crippen molar-refractivity contribution in [3.8, 4) is 17.1 Å². The van der Waals surface area contributed by atoms with Crippen molar-refractivity contribution in [2.75, 3.05) is 13.7 Å². The molecule has 0 radical (unpaired) electrons. The SMILES string of the molecule is C=Cc1c(Cc2ccccc2)cc(OC)c2c1nc(-c1ccc(C(C)C)cc1)n2CCO. The van der Waals surface area contributed by atoms with Crippen molar-refractivity contribution in [1.29, 1.82) is 0 Å². The van der Waals surface area contributed by atoms with E-state index in [2.05, 4.69) is 67.5 Å². The summed E-state index contributed by atoms with van der Waals surface area (Å²) in [6, 6.07) is 20.9. The number of aromatic nitrogens is 2. The van der Waals surface area contributed by atoms with Gasteiger partial charge in [0.2, 0.25) is 0 Å². The van der Waals surface area contributed by atoms with Crippen molar-refractivity contribution in [3.05, 3.63) is 89.5 Å². The van der Waals surface area contributed by atoms with Crippen LogP contribution in [0.15, 0.2) is 67.2 Å². The van der Waals surface area contributed by atoms with Gasteiger partial charge in [-0.05, 0) is 35.1 Å². The largest absolute Gasteiger partial charge is 0.494 e. The molecule has 32 heavy (non-hydrogen) atoms. The number of nitrogens with zero attached hydrogens (tertiary/aromatic N) is 2.